The van der Waals surface area contributed by atoms with Gasteiger partial charge in [-0.1, -0.05) is 35.3 Å². The summed E-state index contributed by atoms with van der Waals surface area (Å²) in [5.74, 6) is -0.159. The third-order valence-corrected chi connectivity index (χ3v) is 4.88. The summed E-state index contributed by atoms with van der Waals surface area (Å²) in [6.45, 7) is 2.26. The van der Waals surface area contributed by atoms with Crippen molar-refractivity contribution in [1.29, 1.82) is 0 Å². The van der Waals surface area contributed by atoms with Gasteiger partial charge in [0.2, 0.25) is 5.91 Å². The zero-order chi connectivity index (χ0) is 19.4. The van der Waals surface area contributed by atoms with Crippen LogP contribution in [0.3, 0.4) is 0 Å². The minimum absolute atomic E-state index is 0.0513. The molecule has 3 aromatic rings. The number of hydrogen-bond donors (Lipinski definition) is 1. The van der Waals surface area contributed by atoms with Gasteiger partial charge in [-0.2, -0.15) is 5.10 Å². The topological polar surface area (TPSA) is 63.1 Å². The molecule has 0 aliphatic carbocycles. The number of hydrogen-bond acceptors (Lipinski definition) is 4. The maximum Gasteiger partial charge on any atom is 0.238 e. The van der Waals surface area contributed by atoms with Crippen molar-refractivity contribution < 1.29 is 4.79 Å². The highest BCUT2D eigenvalue weighted by molar-refractivity contribution is 6.35. The Morgan fingerprint density at radius 1 is 1.22 bits per heavy atom. The van der Waals surface area contributed by atoms with Gasteiger partial charge < -0.3 is 5.32 Å². The van der Waals surface area contributed by atoms with Crippen molar-refractivity contribution in [2.45, 2.75) is 13.0 Å². The van der Waals surface area contributed by atoms with Crippen LogP contribution in [0.4, 0.5) is 5.69 Å². The number of likely N-dealkylation sites (N-methyl/N-ethyl adjacent to an activating group) is 1. The van der Waals surface area contributed by atoms with Crippen LogP contribution in [0.2, 0.25) is 10.0 Å². The fourth-order valence-electron chi connectivity index (χ4n) is 2.65. The zero-order valence-electron chi connectivity index (χ0n) is 14.9. The predicted molar refractivity (Wildman–Crippen MR) is 107 cm³/mol. The van der Waals surface area contributed by atoms with Gasteiger partial charge in [0.25, 0.3) is 0 Å². The summed E-state index contributed by atoms with van der Waals surface area (Å²) in [4.78, 5) is 18.3. The normalized spacial score (nSPS) is 12.2. The van der Waals surface area contributed by atoms with Crippen LogP contribution < -0.4 is 5.32 Å². The lowest BCUT2D eigenvalue weighted by Gasteiger charge is -2.24. The highest BCUT2D eigenvalue weighted by atomic mass is 35.5. The van der Waals surface area contributed by atoms with E-state index in [9.17, 15) is 4.79 Å². The molecule has 8 heteroatoms. The monoisotopic (exact) mass is 403 g/mol. The van der Waals surface area contributed by atoms with Crippen molar-refractivity contribution in [3.63, 3.8) is 0 Å². The standard InChI is InChI=1S/C19H19Cl2N5O/c1-13(14-3-6-16(7-4-14)26-12-22-11-23-26)25(2)10-19(27)24-18-9-15(20)5-8-17(18)21/h3-9,11-13H,10H2,1-2H3,(H,24,27). The van der Waals surface area contributed by atoms with Crippen molar-refractivity contribution in [1.82, 2.24) is 19.7 Å². The summed E-state index contributed by atoms with van der Waals surface area (Å²) in [5, 5.41) is 7.88. The molecule has 0 bridgehead atoms. The molecule has 1 N–H and O–H groups in total. The van der Waals surface area contributed by atoms with E-state index in [0.29, 0.717) is 15.7 Å². The molecule has 0 aliphatic rings. The number of carbonyl (C=O) groups is 1. The number of amides is 1. The highest BCUT2D eigenvalue weighted by Gasteiger charge is 2.16. The first-order chi connectivity index (χ1) is 12.9. The number of rotatable bonds is 6. The smallest absolute Gasteiger partial charge is 0.238 e. The van der Waals surface area contributed by atoms with Gasteiger partial charge in [0.1, 0.15) is 12.7 Å². The van der Waals surface area contributed by atoms with Crippen molar-refractivity contribution in [3.8, 4) is 5.69 Å². The molecule has 1 aromatic heterocycles. The van der Waals surface area contributed by atoms with Crippen molar-refractivity contribution in [3.05, 3.63) is 70.7 Å². The number of nitrogens with one attached hydrogen (secondary N) is 1. The van der Waals surface area contributed by atoms with Crippen LogP contribution in [0.1, 0.15) is 18.5 Å². The first kappa shape index (κ1) is 19.4. The molecule has 3 rings (SSSR count). The lowest BCUT2D eigenvalue weighted by Crippen LogP contribution is -2.32. The Balaban J connectivity index is 1.62. The van der Waals surface area contributed by atoms with Crippen LogP contribution in [0.5, 0.6) is 0 Å². The summed E-state index contributed by atoms with van der Waals surface area (Å²) in [6, 6.07) is 13.0. The van der Waals surface area contributed by atoms with E-state index in [1.807, 2.05) is 43.1 Å². The number of halogens is 2. The summed E-state index contributed by atoms with van der Waals surface area (Å²) < 4.78 is 1.69. The van der Waals surface area contributed by atoms with Gasteiger partial charge in [-0.05, 0) is 49.9 Å². The molecule has 140 valence electrons. The largest absolute Gasteiger partial charge is 0.324 e. The SMILES string of the molecule is CC(c1ccc(-n2cncn2)cc1)N(C)CC(=O)Nc1cc(Cl)ccc1Cl. The third kappa shape index (κ3) is 4.86. The van der Waals surface area contributed by atoms with E-state index < -0.39 is 0 Å². The van der Waals surface area contributed by atoms with Crippen molar-refractivity contribution >= 4 is 34.8 Å². The van der Waals surface area contributed by atoms with Gasteiger partial charge in [-0.25, -0.2) is 9.67 Å². The highest BCUT2D eigenvalue weighted by Crippen LogP contribution is 2.26. The number of anilines is 1. The van der Waals surface area contributed by atoms with E-state index in [1.54, 1.807) is 29.2 Å². The van der Waals surface area contributed by atoms with Crippen LogP contribution in [-0.2, 0) is 4.79 Å². The van der Waals surface area contributed by atoms with Gasteiger partial charge in [0.05, 0.1) is 22.9 Å². The van der Waals surface area contributed by atoms with E-state index in [1.165, 1.54) is 6.33 Å². The van der Waals surface area contributed by atoms with Crippen molar-refractivity contribution in [2.24, 2.45) is 0 Å². The zero-order valence-corrected chi connectivity index (χ0v) is 16.4. The molecule has 1 heterocycles. The fourth-order valence-corrected chi connectivity index (χ4v) is 2.98. The minimum atomic E-state index is -0.159. The second-order valence-corrected chi connectivity index (χ2v) is 7.04. The molecular weight excluding hydrogens is 385 g/mol. The molecule has 0 fully saturated rings. The van der Waals surface area contributed by atoms with Crippen LogP contribution in [0, 0.1) is 0 Å². The third-order valence-electron chi connectivity index (χ3n) is 4.32. The van der Waals surface area contributed by atoms with Gasteiger partial charge in [-0.15, -0.1) is 0 Å². The lowest BCUT2D eigenvalue weighted by atomic mass is 10.1. The molecule has 1 atom stereocenters. The Morgan fingerprint density at radius 2 is 1.96 bits per heavy atom. The average Bonchev–Trinajstić information content (AvgIpc) is 3.19. The summed E-state index contributed by atoms with van der Waals surface area (Å²) in [7, 11) is 1.90. The molecule has 0 saturated heterocycles. The van der Waals surface area contributed by atoms with Gasteiger partial charge in [-0.3, -0.25) is 9.69 Å². The molecule has 0 spiro atoms. The van der Waals surface area contributed by atoms with Crippen LogP contribution in [-0.4, -0.2) is 39.2 Å². The number of nitrogens with zero attached hydrogens (tertiary/aromatic N) is 4. The van der Waals surface area contributed by atoms with Gasteiger partial charge in [0.15, 0.2) is 0 Å². The van der Waals surface area contributed by atoms with Crippen LogP contribution >= 0.6 is 23.2 Å². The van der Waals surface area contributed by atoms with Crippen LogP contribution in [0.25, 0.3) is 5.69 Å². The Morgan fingerprint density at radius 3 is 2.63 bits per heavy atom. The Kier molecular flexibility index (Phi) is 6.11. The number of aromatic nitrogens is 3. The second-order valence-electron chi connectivity index (χ2n) is 6.20. The quantitative estimate of drug-likeness (QED) is 0.669. The molecule has 0 radical (unpaired) electrons. The molecule has 0 saturated carbocycles. The van der Waals surface area contributed by atoms with Gasteiger partial charge in [0, 0.05) is 11.1 Å². The first-order valence-electron chi connectivity index (χ1n) is 8.34. The van der Waals surface area contributed by atoms with Crippen molar-refractivity contribution in [2.75, 3.05) is 18.9 Å². The lowest BCUT2D eigenvalue weighted by molar-refractivity contribution is -0.117. The van der Waals surface area contributed by atoms with Crippen LogP contribution in [0.15, 0.2) is 55.1 Å². The molecule has 1 amide bonds. The Hall–Kier alpha value is -2.41. The first-order valence-corrected chi connectivity index (χ1v) is 9.10. The Labute approximate surface area is 167 Å². The number of benzene rings is 2. The molecule has 2 aromatic carbocycles. The maximum atomic E-state index is 12.4. The predicted octanol–water partition coefficient (Wildman–Crippen LogP) is 4.21. The average molecular weight is 404 g/mol. The van der Waals surface area contributed by atoms with Gasteiger partial charge >= 0.3 is 0 Å². The van der Waals surface area contributed by atoms with E-state index in [2.05, 4.69) is 15.4 Å². The second kappa shape index (κ2) is 8.52. The van der Waals surface area contributed by atoms with E-state index in [0.717, 1.165) is 11.3 Å². The van der Waals surface area contributed by atoms with E-state index in [-0.39, 0.29) is 18.5 Å². The summed E-state index contributed by atoms with van der Waals surface area (Å²) in [6.07, 6.45) is 3.14. The minimum Gasteiger partial charge on any atom is -0.324 e. The molecule has 27 heavy (non-hydrogen) atoms. The molecular formula is C19H19Cl2N5O. The maximum absolute atomic E-state index is 12.4. The summed E-state index contributed by atoms with van der Waals surface area (Å²) in [5.41, 5.74) is 2.53. The Bertz CT molecular complexity index is 912. The van der Waals surface area contributed by atoms with E-state index >= 15 is 0 Å². The molecule has 6 nitrogen and oxygen atoms in total. The molecule has 0 aliphatic heterocycles. The number of carbonyl (C=O) groups excluding carboxylic acids is 1. The molecule has 1 unspecified atom stereocenters. The van der Waals surface area contributed by atoms with E-state index in [4.69, 9.17) is 23.2 Å². The summed E-state index contributed by atoms with van der Waals surface area (Å²) >= 11 is 12.0. The fraction of sp³-hybridized carbons (Fsp3) is 0.211.